The number of carbonyl (C=O) groups excluding carboxylic acids is 2. The van der Waals surface area contributed by atoms with E-state index in [-0.39, 0.29) is 23.7 Å². The molecule has 0 radical (unpaired) electrons. The van der Waals surface area contributed by atoms with Crippen LogP contribution in [0.5, 0.6) is 0 Å². The molecule has 1 unspecified atom stereocenters. The SMILES string of the molecule is CCOC(=O)CC(Cl)Cc1ccc2c(c1)CCN2C(C)=O. The summed E-state index contributed by atoms with van der Waals surface area (Å²) in [4.78, 5) is 24.7. The Morgan fingerprint density at radius 2 is 2.19 bits per heavy atom. The zero-order valence-electron chi connectivity index (χ0n) is 12.4. The molecule has 1 aromatic carbocycles. The van der Waals surface area contributed by atoms with Gasteiger partial charge in [0.25, 0.3) is 0 Å². The van der Waals surface area contributed by atoms with Crippen molar-refractivity contribution < 1.29 is 14.3 Å². The first-order chi connectivity index (χ1) is 10.0. The molecule has 0 aliphatic carbocycles. The highest BCUT2D eigenvalue weighted by atomic mass is 35.5. The number of esters is 1. The molecule has 1 heterocycles. The minimum atomic E-state index is -0.271. The lowest BCUT2D eigenvalue weighted by Crippen LogP contribution is -2.25. The Kier molecular flexibility index (Phi) is 5.23. The molecule has 4 nitrogen and oxygen atoms in total. The number of hydrogen-bond donors (Lipinski definition) is 0. The molecular weight excluding hydrogens is 290 g/mol. The minimum Gasteiger partial charge on any atom is -0.466 e. The summed E-state index contributed by atoms with van der Waals surface area (Å²) in [7, 11) is 0. The van der Waals surface area contributed by atoms with Crippen LogP contribution >= 0.6 is 11.6 Å². The van der Waals surface area contributed by atoms with E-state index in [2.05, 4.69) is 6.07 Å². The fourth-order valence-corrected chi connectivity index (χ4v) is 2.94. The van der Waals surface area contributed by atoms with Crippen LogP contribution in [0.1, 0.15) is 31.4 Å². The van der Waals surface area contributed by atoms with Crippen molar-refractivity contribution in [1.82, 2.24) is 0 Å². The van der Waals surface area contributed by atoms with Gasteiger partial charge in [0.05, 0.1) is 13.0 Å². The molecule has 0 N–H and O–H groups in total. The molecule has 5 heteroatoms. The summed E-state index contributed by atoms with van der Waals surface area (Å²) in [6.07, 6.45) is 1.70. The Morgan fingerprint density at radius 3 is 2.86 bits per heavy atom. The summed E-state index contributed by atoms with van der Waals surface area (Å²) in [6, 6.07) is 6.02. The van der Waals surface area contributed by atoms with Crippen LogP contribution in [0, 0.1) is 0 Å². The fraction of sp³-hybridized carbons (Fsp3) is 0.500. The van der Waals surface area contributed by atoms with E-state index >= 15 is 0 Å². The maximum atomic E-state index is 11.5. The van der Waals surface area contributed by atoms with Crippen LogP contribution in [0.3, 0.4) is 0 Å². The quantitative estimate of drug-likeness (QED) is 0.620. The second-order valence-electron chi connectivity index (χ2n) is 5.19. The summed E-state index contributed by atoms with van der Waals surface area (Å²) >= 11 is 6.21. The maximum Gasteiger partial charge on any atom is 0.307 e. The molecule has 0 saturated heterocycles. The number of hydrogen-bond acceptors (Lipinski definition) is 3. The molecule has 0 spiro atoms. The number of ether oxygens (including phenoxy) is 1. The average Bonchev–Trinajstić information content (AvgIpc) is 2.81. The van der Waals surface area contributed by atoms with Crippen LogP contribution in [0.15, 0.2) is 18.2 Å². The number of benzene rings is 1. The molecule has 2 rings (SSSR count). The summed E-state index contributed by atoms with van der Waals surface area (Å²) in [5, 5.41) is -0.271. The first kappa shape index (κ1) is 15.8. The molecular formula is C16H20ClNO3. The highest BCUT2D eigenvalue weighted by molar-refractivity contribution is 6.21. The van der Waals surface area contributed by atoms with Crippen molar-refractivity contribution in [3.8, 4) is 0 Å². The predicted octanol–water partition coefficient (Wildman–Crippen LogP) is 2.70. The molecule has 0 aromatic heterocycles. The van der Waals surface area contributed by atoms with Gasteiger partial charge in [-0.05, 0) is 37.0 Å². The van der Waals surface area contributed by atoms with E-state index in [1.165, 1.54) is 5.56 Å². The van der Waals surface area contributed by atoms with Crippen LogP contribution in [-0.2, 0) is 27.2 Å². The number of carbonyl (C=O) groups is 2. The largest absolute Gasteiger partial charge is 0.466 e. The van der Waals surface area contributed by atoms with Gasteiger partial charge >= 0.3 is 5.97 Å². The summed E-state index contributed by atoms with van der Waals surface area (Å²) in [5.41, 5.74) is 3.24. The third-order valence-corrected chi connectivity index (χ3v) is 3.88. The summed E-state index contributed by atoms with van der Waals surface area (Å²) in [6.45, 7) is 4.48. The van der Waals surface area contributed by atoms with E-state index in [1.807, 2.05) is 12.1 Å². The van der Waals surface area contributed by atoms with Gasteiger partial charge in [0.1, 0.15) is 0 Å². The summed E-state index contributed by atoms with van der Waals surface area (Å²) in [5.74, 6) is -0.194. The van der Waals surface area contributed by atoms with Gasteiger partial charge < -0.3 is 9.64 Å². The molecule has 1 atom stereocenters. The highest BCUT2D eigenvalue weighted by Crippen LogP contribution is 2.29. The van der Waals surface area contributed by atoms with E-state index in [4.69, 9.17) is 16.3 Å². The van der Waals surface area contributed by atoms with Gasteiger partial charge in [-0.25, -0.2) is 0 Å². The Bertz CT molecular complexity index is 544. The third-order valence-electron chi connectivity index (χ3n) is 3.57. The van der Waals surface area contributed by atoms with Crippen molar-refractivity contribution in [3.63, 3.8) is 0 Å². The van der Waals surface area contributed by atoms with Crippen molar-refractivity contribution in [2.45, 2.75) is 38.5 Å². The average molecular weight is 310 g/mol. The van der Waals surface area contributed by atoms with E-state index in [0.717, 1.165) is 24.2 Å². The van der Waals surface area contributed by atoms with Gasteiger partial charge in [-0.3, -0.25) is 9.59 Å². The third kappa shape index (κ3) is 3.97. The molecule has 0 bridgehead atoms. The number of nitrogens with zero attached hydrogens (tertiary/aromatic N) is 1. The second-order valence-corrected chi connectivity index (χ2v) is 5.81. The zero-order chi connectivity index (χ0) is 15.4. The molecule has 0 fully saturated rings. The van der Waals surface area contributed by atoms with E-state index in [1.54, 1.807) is 18.7 Å². The number of halogens is 1. The molecule has 1 aromatic rings. The van der Waals surface area contributed by atoms with Crippen molar-refractivity contribution >= 4 is 29.2 Å². The topological polar surface area (TPSA) is 46.6 Å². The van der Waals surface area contributed by atoms with Crippen molar-refractivity contribution in [2.75, 3.05) is 18.1 Å². The smallest absolute Gasteiger partial charge is 0.307 e. The van der Waals surface area contributed by atoms with E-state index in [9.17, 15) is 9.59 Å². The molecule has 114 valence electrons. The maximum absolute atomic E-state index is 11.5. The standard InChI is InChI=1S/C16H20ClNO3/c1-3-21-16(20)10-14(17)9-12-4-5-15-13(8-12)6-7-18(15)11(2)19/h4-5,8,14H,3,6-7,9-10H2,1-2H3. The lowest BCUT2D eigenvalue weighted by atomic mass is 10.0. The van der Waals surface area contributed by atoms with Crippen LogP contribution in [0.4, 0.5) is 5.69 Å². The molecule has 1 aliphatic heterocycles. The van der Waals surface area contributed by atoms with Gasteiger partial charge in [-0.2, -0.15) is 0 Å². The van der Waals surface area contributed by atoms with Crippen LogP contribution in [0.2, 0.25) is 0 Å². The first-order valence-electron chi connectivity index (χ1n) is 7.21. The molecule has 0 saturated carbocycles. The molecule has 1 aliphatic rings. The van der Waals surface area contributed by atoms with Gasteiger partial charge in [-0.1, -0.05) is 12.1 Å². The van der Waals surface area contributed by atoms with Crippen LogP contribution in [-0.4, -0.2) is 30.4 Å². The number of rotatable bonds is 5. The van der Waals surface area contributed by atoms with E-state index in [0.29, 0.717) is 13.0 Å². The number of amides is 1. The first-order valence-corrected chi connectivity index (χ1v) is 7.64. The van der Waals surface area contributed by atoms with Crippen molar-refractivity contribution in [3.05, 3.63) is 29.3 Å². The van der Waals surface area contributed by atoms with Crippen LogP contribution < -0.4 is 4.90 Å². The normalized spacial score (nSPS) is 14.7. The van der Waals surface area contributed by atoms with E-state index < -0.39 is 0 Å². The lowest BCUT2D eigenvalue weighted by molar-refractivity contribution is -0.143. The lowest BCUT2D eigenvalue weighted by Gasteiger charge is -2.15. The number of fused-ring (bicyclic) bond motifs is 1. The Hall–Kier alpha value is -1.55. The highest BCUT2D eigenvalue weighted by Gasteiger charge is 2.22. The zero-order valence-corrected chi connectivity index (χ0v) is 13.2. The predicted molar refractivity (Wildman–Crippen MR) is 82.8 cm³/mol. The molecule has 21 heavy (non-hydrogen) atoms. The fourth-order valence-electron chi connectivity index (χ4n) is 2.64. The Labute approximate surface area is 130 Å². The van der Waals surface area contributed by atoms with Gasteiger partial charge in [0.15, 0.2) is 0 Å². The Morgan fingerprint density at radius 1 is 1.43 bits per heavy atom. The number of anilines is 1. The van der Waals surface area contributed by atoms with Crippen molar-refractivity contribution in [1.29, 1.82) is 0 Å². The molecule has 1 amide bonds. The van der Waals surface area contributed by atoms with Gasteiger partial charge in [-0.15, -0.1) is 11.6 Å². The second kappa shape index (κ2) is 6.94. The van der Waals surface area contributed by atoms with Gasteiger partial charge in [0.2, 0.25) is 5.91 Å². The van der Waals surface area contributed by atoms with Crippen LogP contribution in [0.25, 0.3) is 0 Å². The summed E-state index contributed by atoms with van der Waals surface area (Å²) < 4.78 is 4.90. The number of alkyl halides is 1. The monoisotopic (exact) mass is 309 g/mol. The van der Waals surface area contributed by atoms with Gasteiger partial charge in [0, 0.05) is 24.5 Å². The minimum absolute atomic E-state index is 0.0685. The Balaban J connectivity index is 2.00. The van der Waals surface area contributed by atoms with Crippen molar-refractivity contribution in [2.24, 2.45) is 0 Å².